The van der Waals surface area contributed by atoms with Gasteiger partial charge in [0, 0.05) is 21.7 Å². The van der Waals surface area contributed by atoms with Crippen LogP contribution in [-0.2, 0) is 21.6 Å². The first-order valence-corrected chi connectivity index (χ1v) is 10.7. The average Bonchev–Trinajstić information content (AvgIpc) is 3.27. The maximum Gasteiger partial charge on any atom is 0.435 e. The standard InChI is InChI=1S/C17H12Cl2F3N3O4S/c18-9-1-8(2-10(19)3-9)16(17(20,21)22)5-13(25-29-16)12-4-14(28-24-12)15(26)23-11-6-30(27)7-11/h1-4,11H,5-7H2,(H,23,26). The van der Waals surface area contributed by atoms with Crippen molar-refractivity contribution in [1.82, 2.24) is 10.5 Å². The van der Waals surface area contributed by atoms with Crippen LogP contribution < -0.4 is 5.32 Å². The fraction of sp³-hybridized carbons (Fsp3) is 0.353. The zero-order valence-corrected chi connectivity index (χ0v) is 17.2. The molecular formula is C17H12Cl2F3N3O4S. The third-order valence-corrected chi connectivity index (χ3v) is 6.64. The van der Waals surface area contributed by atoms with Crippen molar-refractivity contribution in [3.63, 3.8) is 0 Å². The van der Waals surface area contributed by atoms with Gasteiger partial charge in [0.1, 0.15) is 29.0 Å². The molecule has 2 aliphatic rings. The van der Waals surface area contributed by atoms with Gasteiger partial charge in [0.25, 0.3) is 11.5 Å². The summed E-state index contributed by atoms with van der Waals surface area (Å²) in [6, 6.07) is 4.43. The summed E-state index contributed by atoms with van der Waals surface area (Å²) < 4.78 is 58.0. The zero-order chi connectivity index (χ0) is 21.7. The minimum absolute atomic E-state index is 0.00972. The number of benzene rings is 1. The van der Waals surface area contributed by atoms with Gasteiger partial charge in [-0.2, -0.15) is 13.2 Å². The molecule has 2 aliphatic heterocycles. The maximum atomic E-state index is 14.0. The Morgan fingerprint density at radius 1 is 1.23 bits per heavy atom. The summed E-state index contributed by atoms with van der Waals surface area (Å²) in [4.78, 5) is 17.0. The van der Waals surface area contributed by atoms with Crippen molar-refractivity contribution in [1.29, 1.82) is 0 Å². The Morgan fingerprint density at radius 2 is 1.90 bits per heavy atom. The van der Waals surface area contributed by atoms with Crippen molar-refractivity contribution in [3.8, 4) is 0 Å². The second kappa shape index (κ2) is 7.63. The fourth-order valence-electron chi connectivity index (χ4n) is 3.09. The molecule has 160 valence electrons. The van der Waals surface area contributed by atoms with Crippen LogP contribution >= 0.6 is 23.2 Å². The molecule has 0 bridgehead atoms. The van der Waals surface area contributed by atoms with Gasteiger partial charge in [-0.05, 0) is 29.4 Å². The van der Waals surface area contributed by atoms with Gasteiger partial charge in [-0.1, -0.05) is 33.5 Å². The smallest absolute Gasteiger partial charge is 0.435 e. The van der Waals surface area contributed by atoms with Crippen molar-refractivity contribution in [2.75, 3.05) is 11.5 Å². The van der Waals surface area contributed by atoms with E-state index in [0.29, 0.717) is 11.5 Å². The van der Waals surface area contributed by atoms with Gasteiger partial charge in [-0.25, -0.2) is 0 Å². The number of carbonyl (C=O) groups is 1. The number of nitrogens with zero attached hydrogens (tertiary/aromatic N) is 2. The minimum Gasteiger partial charge on any atom is -0.616 e. The lowest BCUT2D eigenvalue weighted by molar-refractivity contribution is -0.275. The molecule has 1 amide bonds. The largest absolute Gasteiger partial charge is 0.616 e. The van der Waals surface area contributed by atoms with E-state index in [1.165, 1.54) is 12.1 Å². The number of nitrogens with one attached hydrogen (secondary N) is 1. The molecule has 0 spiro atoms. The van der Waals surface area contributed by atoms with Crippen LogP contribution in [0.1, 0.15) is 28.2 Å². The molecule has 0 radical (unpaired) electrons. The third-order valence-electron chi connectivity index (χ3n) is 4.65. The molecule has 1 aromatic heterocycles. The van der Waals surface area contributed by atoms with Gasteiger partial charge in [0.2, 0.25) is 5.76 Å². The summed E-state index contributed by atoms with van der Waals surface area (Å²) in [5.74, 6) is -0.146. The highest BCUT2D eigenvalue weighted by atomic mass is 35.5. The number of aromatic nitrogens is 1. The van der Waals surface area contributed by atoms with Crippen LogP contribution in [0.3, 0.4) is 0 Å². The highest BCUT2D eigenvalue weighted by Crippen LogP contribution is 2.49. The fourth-order valence-corrected chi connectivity index (χ4v) is 4.58. The topological polar surface area (TPSA) is 99.8 Å². The first-order valence-electron chi connectivity index (χ1n) is 8.49. The molecule has 1 saturated heterocycles. The molecule has 0 saturated carbocycles. The number of rotatable bonds is 4. The summed E-state index contributed by atoms with van der Waals surface area (Å²) in [6.45, 7) is 0. The molecule has 7 nitrogen and oxygen atoms in total. The number of oxime groups is 1. The van der Waals surface area contributed by atoms with Gasteiger partial charge >= 0.3 is 6.18 Å². The van der Waals surface area contributed by atoms with Crippen LogP contribution in [0.4, 0.5) is 13.2 Å². The molecule has 1 atom stereocenters. The van der Waals surface area contributed by atoms with Crippen molar-refractivity contribution >= 4 is 46.0 Å². The molecular weight excluding hydrogens is 470 g/mol. The Balaban J connectivity index is 1.56. The van der Waals surface area contributed by atoms with Gasteiger partial charge in [0.05, 0.1) is 6.42 Å². The molecule has 4 rings (SSSR count). The molecule has 0 aliphatic carbocycles. The highest BCUT2D eigenvalue weighted by Gasteiger charge is 2.62. The van der Waals surface area contributed by atoms with E-state index in [1.54, 1.807) is 0 Å². The summed E-state index contributed by atoms with van der Waals surface area (Å²) >= 11 is 10.8. The SMILES string of the molecule is O=C(NC1C[S+]([O-])C1)c1cc(C2=NOC(c3cc(Cl)cc(Cl)c3)(C(F)(F)F)C2)no1. The second-order valence-corrected chi connectivity index (χ2v) is 9.23. The van der Waals surface area contributed by atoms with Crippen LogP contribution in [0.15, 0.2) is 33.9 Å². The number of amides is 1. The Bertz CT molecular complexity index is 1010. The van der Waals surface area contributed by atoms with E-state index in [0.717, 1.165) is 12.1 Å². The van der Waals surface area contributed by atoms with E-state index in [4.69, 9.17) is 32.6 Å². The summed E-state index contributed by atoms with van der Waals surface area (Å²) in [6.07, 6.45) is -5.57. The quantitative estimate of drug-likeness (QED) is 0.674. The van der Waals surface area contributed by atoms with Crippen molar-refractivity contribution in [2.24, 2.45) is 5.16 Å². The Hall–Kier alpha value is -1.95. The predicted molar refractivity (Wildman–Crippen MR) is 102 cm³/mol. The van der Waals surface area contributed by atoms with Crippen molar-refractivity contribution in [3.05, 3.63) is 51.3 Å². The number of carbonyl (C=O) groups excluding carboxylic acids is 1. The molecule has 30 heavy (non-hydrogen) atoms. The minimum atomic E-state index is -4.85. The lowest BCUT2D eigenvalue weighted by Gasteiger charge is -2.29. The van der Waals surface area contributed by atoms with Gasteiger partial charge in [-0.15, -0.1) is 0 Å². The van der Waals surface area contributed by atoms with E-state index in [-0.39, 0.29) is 38.8 Å². The van der Waals surface area contributed by atoms with E-state index in [1.807, 2.05) is 0 Å². The van der Waals surface area contributed by atoms with Crippen LogP contribution in [0.2, 0.25) is 10.0 Å². The van der Waals surface area contributed by atoms with Crippen LogP contribution in [0.5, 0.6) is 0 Å². The van der Waals surface area contributed by atoms with Gasteiger partial charge in [0.15, 0.2) is 0 Å². The normalized spacial score (nSPS) is 26.0. The summed E-state index contributed by atoms with van der Waals surface area (Å²) in [7, 11) is 0. The van der Waals surface area contributed by atoms with Gasteiger partial charge < -0.3 is 19.2 Å². The lowest BCUT2D eigenvalue weighted by atomic mass is 9.87. The first-order chi connectivity index (χ1) is 14.1. The first kappa shape index (κ1) is 21.3. The molecule has 13 heteroatoms. The van der Waals surface area contributed by atoms with E-state index < -0.39 is 35.3 Å². The van der Waals surface area contributed by atoms with E-state index >= 15 is 0 Å². The molecule has 3 heterocycles. The monoisotopic (exact) mass is 481 g/mol. The second-order valence-electron chi connectivity index (χ2n) is 6.81. The van der Waals surface area contributed by atoms with Crippen LogP contribution in [0, 0.1) is 0 Å². The van der Waals surface area contributed by atoms with E-state index in [9.17, 15) is 22.5 Å². The maximum absolute atomic E-state index is 14.0. The Labute approximate surface area is 180 Å². The summed E-state index contributed by atoms with van der Waals surface area (Å²) in [5, 5.41) is 9.80. The Morgan fingerprint density at radius 3 is 2.50 bits per heavy atom. The summed E-state index contributed by atoms with van der Waals surface area (Å²) in [5.41, 5.74) is -3.35. The number of alkyl halides is 3. The highest BCUT2D eigenvalue weighted by molar-refractivity contribution is 7.92. The lowest BCUT2D eigenvalue weighted by Crippen LogP contribution is -2.52. The molecule has 1 N–H and O–H groups in total. The Kier molecular flexibility index (Phi) is 5.41. The number of halogens is 5. The number of hydrogen-bond donors (Lipinski definition) is 1. The number of hydrogen-bond acceptors (Lipinski definition) is 6. The molecule has 1 unspecified atom stereocenters. The van der Waals surface area contributed by atoms with Crippen LogP contribution in [-0.4, -0.2) is 45.1 Å². The van der Waals surface area contributed by atoms with Crippen molar-refractivity contribution < 1.29 is 31.9 Å². The molecule has 2 aromatic rings. The molecule has 1 fully saturated rings. The molecule has 1 aromatic carbocycles. The zero-order valence-electron chi connectivity index (χ0n) is 14.8. The van der Waals surface area contributed by atoms with Crippen molar-refractivity contribution in [2.45, 2.75) is 24.2 Å². The average molecular weight is 482 g/mol. The van der Waals surface area contributed by atoms with Gasteiger partial charge in [-0.3, -0.25) is 4.79 Å². The van der Waals surface area contributed by atoms with Crippen LogP contribution in [0.25, 0.3) is 0 Å². The van der Waals surface area contributed by atoms with E-state index in [2.05, 4.69) is 15.6 Å². The third kappa shape index (κ3) is 3.86. The predicted octanol–water partition coefficient (Wildman–Crippen LogP) is 3.42.